The van der Waals surface area contributed by atoms with Crippen LogP contribution in [0.1, 0.15) is 17.2 Å². The van der Waals surface area contributed by atoms with Crippen LogP contribution in [0.4, 0.5) is 11.4 Å². The number of nitrogens with zero attached hydrogens (tertiary/aromatic N) is 2. The van der Waals surface area contributed by atoms with Gasteiger partial charge in [0.2, 0.25) is 5.88 Å². The molecule has 37 heavy (non-hydrogen) atoms. The number of fused-ring (bicyclic) bond motifs is 2. The molecule has 2 aromatic heterocycles. The average molecular weight is 515 g/mol. The Labute approximate surface area is 218 Å². The van der Waals surface area contributed by atoms with E-state index in [2.05, 4.69) is 32.3 Å². The van der Waals surface area contributed by atoms with E-state index in [-0.39, 0.29) is 11.7 Å². The van der Waals surface area contributed by atoms with Crippen LogP contribution in [-0.4, -0.2) is 36.8 Å². The third-order valence-corrected chi connectivity index (χ3v) is 7.54. The van der Waals surface area contributed by atoms with E-state index in [0.29, 0.717) is 37.8 Å². The molecule has 2 aliphatic heterocycles. The second kappa shape index (κ2) is 10.2. The lowest BCUT2D eigenvalue weighted by molar-refractivity contribution is 0.0382. The van der Waals surface area contributed by atoms with E-state index < -0.39 is 0 Å². The summed E-state index contributed by atoms with van der Waals surface area (Å²) in [7, 11) is 1.63. The monoisotopic (exact) mass is 514 g/mol. The van der Waals surface area contributed by atoms with Gasteiger partial charge in [-0.25, -0.2) is 4.98 Å². The van der Waals surface area contributed by atoms with Gasteiger partial charge < -0.3 is 29.4 Å². The van der Waals surface area contributed by atoms with E-state index >= 15 is 0 Å². The van der Waals surface area contributed by atoms with Crippen molar-refractivity contribution in [2.75, 3.05) is 37.0 Å². The fourth-order valence-electron chi connectivity index (χ4n) is 4.64. The second-order valence-corrected chi connectivity index (χ2v) is 9.84. The zero-order valence-corrected chi connectivity index (χ0v) is 21.1. The van der Waals surface area contributed by atoms with Crippen LogP contribution in [0.5, 0.6) is 17.4 Å². The van der Waals surface area contributed by atoms with E-state index in [0.717, 1.165) is 38.1 Å². The van der Waals surface area contributed by atoms with Crippen LogP contribution < -0.4 is 25.2 Å². The number of pyridine rings is 2. The molecule has 2 N–H and O–H groups in total. The summed E-state index contributed by atoms with van der Waals surface area (Å²) in [4.78, 5) is 23.5. The molecule has 6 rings (SSSR count). The molecule has 2 aliphatic rings. The van der Waals surface area contributed by atoms with Crippen LogP contribution in [0, 0.1) is 0 Å². The summed E-state index contributed by atoms with van der Waals surface area (Å²) < 4.78 is 17.9. The maximum absolute atomic E-state index is 12.3. The van der Waals surface area contributed by atoms with Crippen LogP contribution in [0.2, 0.25) is 0 Å². The predicted molar refractivity (Wildman–Crippen MR) is 143 cm³/mol. The van der Waals surface area contributed by atoms with Crippen molar-refractivity contribution in [1.82, 2.24) is 9.97 Å². The first kappa shape index (κ1) is 23.4. The number of hydrogen-bond acceptors (Lipinski definition) is 8. The number of aromatic amines is 1. The summed E-state index contributed by atoms with van der Waals surface area (Å²) in [5, 5.41) is 3.46. The van der Waals surface area contributed by atoms with Gasteiger partial charge in [-0.2, -0.15) is 0 Å². The minimum Gasteiger partial charge on any atom is -0.481 e. The molecule has 0 amide bonds. The smallest absolute Gasteiger partial charge is 0.271 e. The van der Waals surface area contributed by atoms with E-state index in [1.807, 2.05) is 48.5 Å². The van der Waals surface area contributed by atoms with Crippen molar-refractivity contribution < 1.29 is 14.2 Å². The van der Waals surface area contributed by atoms with Crippen molar-refractivity contribution in [1.29, 1.82) is 0 Å². The van der Waals surface area contributed by atoms with E-state index in [4.69, 9.17) is 14.2 Å². The maximum Gasteiger partial charge on any atom is 0.271 e. The van der Waals surface area contributed by atoms with Crippen molar-refractivity contribution in [3.8, 4) is 17.4 Å². The Balaban J connectivity index is 1.21. The van der Waals surface area contributed by atoms with Gasteiger partial charge in [0, 0.05) is 48.8 Å². The van der Waals surface area contributed by atoms with Crippen molar-refractivity contribution >= 4 is 23.1 Å². The van der Waals surface area contributed by atoms with Gasteiger partial charge in [0.05, 0.1) is 23.5 Å². The first-order valence-electron chi connectivity index (χ1n) is 12.1. The lowest BCUT2D eigenvalue weighted by atomic mass is 10.1. The number of morpholine rings is 1. The van der Waals surface area contributed by atoms with Gasteiger partial charge >= 0.3 is 0 Å². The number of anilines is 2. The Morgan fingerprint density at radius 2 is 2.11 bits per heavy atom. The highest BCUT2D eigenvalue weighted by atomic mass is 32.2. The highest BCUT2D eigenvalue weighted by molar-refractivity contribution is 7.99. The number of aromatic nitrogens is 2. The van der Waals surface area contributed by atoms with Crippen molar-refractivity contribution in [2.24, 2.45) is 0 Å². The van der Waals surface area contributed by atoms with E-state index in [1.165, 1.54) is 0 Å². The molecule has 0 aliphatic carbocycles. The quantitative estimate of drug-likeness (QED) is 0.319. The fourth-order valence-corrected chi connectivity index (χ4v) is 5.68. The molecule has 1 fully saturated rings. The summed E-state index contributed by atoms with van der Waals surface area (Å²) in [5.74, 6) is 2.24. The third-order valence-electron chi connectivity index (χ3n) is 6.46. The highest BCUT2D eigenvalue weighted by Crippen LogP contribution is 2.50. The van der Waals surface area contributed by atoms with E-state index in [1.54, 1.807) is 31.3 Å². The van der Waals surface area contributed by atoms with E-state index in [9.17, 15) is 4.79 Å². The van der Waals surface area contributed by atoms with Gasteiger partial charge in [-0.1, -0.05) is 30.0 Å². The molecule has 4 heterocycles. The number of methoxy groups -OCH3 is 1. The summed E-state index contributed by atoms with van der Waals surface area (Å²) >= 11 is 1.68. The third kappa shape index (κ3) is 4.75. The Morgan fingerprint density at radius 1 is 1.16 bits per heavy atom. The Bertz CT molecular complexity index is 1490. The largest absolute Gasteiger partial charge is 0.481 e. The lowest BCUT2D eigenvalue weighted by Crippen LogP contribution is -2.41. The van der Waals surface area contributed by atoms with Crippen LogP contribution in [0.25, 0.3) is 0 Å². The zero-order chi connectivity index (χ0) is 25.2. The lowest BCUT2D eigenvalue weighted by Gasteiger charge is -2.35. The molecule has 0 spiro atoms. The number of nitrogens with one attached hydrogen (secondary N) is 2. The molecule has 0 radical (unpaired) electrons. The summed E-state index contributed by atoms with van der Waals surface area (Å²) in [6.45, 7) is 2.37. The van der Waals surface area contributed by atoms with Crippen molar-refractivity contribution in [3.63, 3.8) is 0 Å². The van der Waals surface area contributed by atoms with Crippen LogP contribution in [-0.2, 0) is 11.3 Å². The average Bonchev–Trinajstić information content (AvgIpc) is 2.95. The molecule has 1 unspecified atom stereocenters. The van der Waals surface area contributed by atoms with Crippen LogP contribution in [0.15, 0.2) is 87.6 Å². The van der Waals surface area contributed by atoms with Crippen molar-refractivity contribution in [3.05, 3.63) is 94.5 Å². The number of hydrogen-bond donors (Lipinski definition) is 2. The normalized spacial score (nSPS) is 16.4. The first-order chi connectivity index (χ1) is 18.2. The van der Waals surface area contributed by atoms with Gasteiger partial charge in [-0.15, -0.1) is 0 Å². The molecule has 0 bridgehead atoms. The maximum atomic E-state index is 12.3. The summed E-state index contributed by atoms with van der Waals surface area (Å²) in [5.41, 5.74) is 3.52. The number of H-pyrrole nitrogens is 1. The molecule has 2 aromatic carbocycles. The minimum absolute atomic E-state index is 0.0923. The summed E-state index contributed by atoms with van der Waals surface area (Å²) in [6, 6.07) is 19.8. The summed E-state index contributed by atoms with van der Waals surface area (Å²) in [6.07, 6.45) is 3.16. The Morgan fingerprint density at radius 3 is 3.00 bits per heavy atom. The topological polar surface area (TPSA) is 88.7 Å². The van der Waals surface area contributed by atoms with Gasteiger partial charge in [-0.3, -0.25) is 4.79 Å². The molecule has 8 nitrogen and oxygen atoms in total. The van der Waals surface area contributed by atoms with Gasteiger partial charge in [0.25, 0.3) is 5.56 Å². The second-order valence-electron chi connectivity index (χ2n) is 8.76. The molecule has 1 saturated heterocycles. The Kier molecular flexibility index (Phi) is 6.46. The standard InChI is InChI=1S/C28H26N4O4S/c1-34-28-18(5-3-12-30-28)16-31-19-9-10-22-25(15-19)37-24-8-2-6-20(26(24)36-22)23-17-32(13-14-35-23)21-7-4-11-29-27(21)33/h2-12,15,23,31H,13-14,16-17H2,1H3,(H,29,33). The molecular formula is C28H26N4O4S. The molecular weight excluding hydrogens is 488 g/mol. The van der Waals surface area contributed by atoms with Gasteiger partial charge in [0.15, 0.2) is 0 Å². The van der Waals surface area contributed by atoms with Gasteiger partial charge in [-0.05, 0) is 42.5 Å². The minimum atomic E-state index is -0.208. The first-order valence-corrected chi connectivity index (χ1v) is 12.9. The molecule has 9 heteroatoms. The molecule has 0 saturated carbocycles. The van der Waals surface area contributed by atoms with Crippen molar-refractivity contribution in [2.45, 2.75) is 22.4 Å². The molecule has 1 atom stereocenters. The van der Waals surface area contributed by atoms with Gasteiger partial charge in [0.1, 0.15) is 23.3 Å². The SMILES string of the molecule is COc1ncccc1CNc1ccc2c(c1)Sc1cccc(C3CN(c4ccc[nH]c4=O)CCO3)c1O2. The fraction of sp³-hybridized carbons (Fsp3) is 0.214. The van der Waals surface area contributed by atoms with Crippen LogP contribution >= 0.6 is 11.8 Å². The zero-order valence-electron chi connectivity index (χ0n) is 20.3. The number of benzene rings is 2. The predicted octanol–water partition coefficient (Wildman–Crippen LogP) is 5.23. The van der Waals surface area contributed by atoms with Crippen LogP contribution in [0.3, 0.4) is 0 Å². The highest BCUT2D eigenvalue weighted by Gasteiger charge is 2.29. The molecule has 4 aromatic rings. The molecule has 188 valence electrons. The number of rotatable bonds is 6. The number of ether oxygens (including phenoxy) is 3. The Hall–Kier alpha value is -3.95. The number of para-hydroxylation sites is 1.